The Morgan fingerprint density at radius 1 is 1.12 bits per heavy atom. The average molecular weight is 427 g/mol. The molecule has 1 saturated heterocycles. The molecule has 3 heterocycles. The number of benzene rings is 2. The summed E-state index contributed by atoms with van der Waals surface area (Å²) in [4.78, 5) is 25.1. The average Bonchev–Trinajstić information content (AvgIpc) is 3.33. The Bertz CT molecular complexity index is 1330. The first kappa shape index (κ1) is 19.7. The van der Waals surface area contributed by atoms with Crippen LogP contribution >= 0.6 is 0 Å². The van der Waals surface area contributed by atoms with E-state index in [0.29, 0.717) is 0 Å². The Morgan fingerprint density at radius 3 is 2.75 bits per heavy atom. The third kappa shape index (κ3) is 2.42. The molecule has 0 radical (unpaired) electrons. The first-order valence-corrected chi connectivity index (χ1v) is 11.6. The molecule has 1 aromatic heterocycles. The lowest BCUT2D eigenvalue weighted by Gasteiger charge is -2.60. The molecule has 0 unspecified atom stereocenters. The van der Waals surface area contributed by atoms with Crippen LogP contribution in [0.1, 0.15) is 60.1 Å². The van der Waals surface area contributed by atoms with Gasteiger partial charge in [0.15, 0.2) is 0 Å². The normalized spacial score (nSPS) is 25.2. The molecule has 3 aromatic rings. The Kier molecular flexibility index (Phi) is 3.88. The molecule has 3 aliphatic rings. The van der Waals surface area contributed by atoms with Crippen molar-refractivity contribution in [2.45, 2.75) is 58.4 Å². The van der Waals surface area contributed by atoms with Crippen molar-refractivity contribution in [1.82, 2.24) is 14.5 Å². The Morgan fingerprint density at radius 2 is 1.94 bits per heavy atom. The quantitative estimate of drug-likeness (QED) is 0.556. The highest BCUT2D eigenvalue weighted by molar-refractivity contribution is 5.96. The lowest BCUT2D eigenvalue weighted by molar-refractivity contribution is -0.0261. The molecule has 2 aromatic carbocycles. The number of fused-ring (bicyclic) bond motifs is 6. The van der Waals surface area contributed by atoms with Crippen molar-refractivity contribution < 1.29 is 4.79 Å². The Hall–Kier alpha value is -2.95. The van der Waals surface area contributed by atoms with Crippen LogP contribution in [0.4, 0.5) is 5.69 Å². The van der Waals surface area contributed by atoms with Gasteiger partial charge < -0.3 is 9.47 Å². The summed E-state index contributed by atoms with van der Waals surface area (Å²) < 4.78 is 2.19. The van der Waals surface area contributed by atoms with E-state index in [1.165, 1.54) is 16.6 Å². The smallest absolute Gasteiger partial charge is 0.254 e. The third-order valence-corrected chi connectivity index (χ3v) is 8.95. The van der Waals surface area contributed by atoms with Crippen LogP contribution in [0.2, 0.25) is 0 Å². The number of aryl methyl sites for hydroxylation is 2. The summed E-state index contributed by atoms with van der Waals surface area (Å²) in [6.45, 7) is 9.97. The van der Waals surface area contributed by atoms with Crippen molar-refractivity contribution in [2.24, 2.45) is 17.5 Å². The molecule has 32 heavy (non-hydrogen) atoms. The third-order valence-electron chi connectivity index (χ3n) is 8.95. The second kappa shape index (κ2) is 6.31. The van der Waals surface area contributed by atoms with Crippen molar-refractivity contribution in [3.05, 3.63) is 58.4 Å². The van der Waals surface area contributed by atoms with Gasteiger partial charge >= 0.3 is 0 Å². The first-order chi connectivity index (χ1) is 15.2. The van der Waals surface area contributed by atoms with Crippen LogP contribution in [-0.4, -0.2) is 39.2 Å². The SMILES string of the molecule is Cc1nc2cc3c(cc2n1C)[C@]1(C)CCN(C(=O)c2ccc4c(c2)CC=N4)[C@@H](C3)C1(C)C. The van der Waals surface area contributed by atoms with Gasteiger partial charge in [-0.3, -0.25) is 9.79 Å². The van der Waals surface area contributed by atoms with E-state index in [1.54, 1.807) is 0 Å². The largest absolute Gasteiger partial charge is 0.335 e. The maximum Gasteiger partial charge on any atom is 0.254 e. The highest BCUT2D eigenvalue weighted by Crippen LogP contribution is 2.56. The minimum absolute atomic E-state index is 0.0141. The van der Waals surface area contributed by atoms with Crippen molar-refractivity contribution >= 4 is 28.8 Å². The molecule has 2 bridgehead atoms. The van der Waals surface area contributed by atoms with E-state index in [9.17, 15) is 4.79 Å². The fourth-order valence-corrected chi connectivity index (χ4v) is 6.38. The molecule has 0 N–H and O–H groups in total. The van der Waals surface area contributed by atoms with Gasteiger partial charge in [0.25, 0.3) is 5.91 Å². The summed E-state index contributed by atoms with van der Waals surface area (Å²) in [5.74, 6) is 1.19. The highest BCUT2D eigenvalue weighted by Gasteiger charge is 2.57. The molecule has 0 saturated carbocycles. The molecular formula is C27H30N4O. The van der Waals surface area contributed by atoms with Crippen LogP contribution in [0.25, 0.3) is 11.0 Å². The zero-order valence-electron chi connectivity index (χ0n) is 19.6. The van der Waals surface area contributed by atoms with Gasteiger partial charge in [0.1, 0.15) is 5.82 Å². The number of amides is 1. The fourth-order valence-electron chi connectivity index (χ4n) is 6.38. The molecule has 1 amide bonds. The predicted molar refractivity (Wildman–Crippen MR) is 128 cm³/mol. The minimum Gasteiger partial charge on any atom is -0.335 e. The molecule has 2 atom stereocenters. The molecule has 2 aliphatic heterocycles. The summed E-state index contributed by atoms with van der Waals surface area (Å²) in [5, 5.41) is 0. The van der Waals surface area contributed by atoms with Gasteiger partial charge in [-0.25, -0.2) is 4.98 Å². The maximum atomic E-state index is 13.7. The highest BCUT2D eigenvalue weighted by atomic mass is 16.2. The maximum absolute atomic E-state index is 13.7. The molecule has 6 rings (SSSR count). The number of likely N-dealkylation sites (tertiary alicyclic amines) is 1. The van der Waals surface area contributed by atoms with Crippen LogP contribution in [0.15, 0.2) is 35.3 Å². The van der Waals surface area contributed by atoms with Gasteiger partial charge in [0.2, 0.25) is 0 Å². The molecule has 1 fully saturated rings. The van der Waals surface area contributed by atoms with Gasteiger partial charge in [0, 0.05) is 43.2 Å². The summed E-state index contributed by atoms with van der Waals surface area (Å²) in [6.07, 6.45) is 4.58. The Balaban J connectivity index is 1.43. The summed E-state index contributed by atoms with van der Waals surface area (Å²) >= 11 is 0. The van der Waals surface area contributed by atoms with E-state index in [0.717, 1.165) is 54.0 Å². The molecular weight excluding hydrogens is 396 g/mol. The first-order valence-electron chi connectivity index (χ1n) is 11.6. The van der Waals surface area contributed by atoms with Crippen molar-refractivity contribution in [2.75, 3.05) is 6.54 Å². The van der Waals surface area contributed by atoms with Gasteiger partial charge in [-0.15, -0.1) is 0 Å². The van der Waals surface area contributed by atoms with Crippen LogP contribution in [-0.2, 0) is 25.3 Å². The number of hydrogen-bond donors (Lipinski definition) is 0. The van der Waals surface area contributed by atoms with Crippen LogP contribution < -0.4 is 0 Å². The number of hydrogen-bond acceptors (Lipinski definition) is 3. The molecule has 1 aliphatic carbocycles. The number of piperidine rings is 1. The molecule has 164 valence electrons. The standard InChI is InChI=1S/C27H30N4O/c1-16-29-22-13-19-14-24-26(2,3)27(4,20(19)15-23(22)30(16)5)9-11-31(24)25(32)18-6-7-21-17(12-18)8-10-28-21/h6-7,10,12-13,15,24H,8-9,11,14H2,1-5H3/t24-,27-/m0/s1. The zero-order chi connectivity index (χ0) is 22.4. The van der Waals surface area contributed by atoms with Gasteiger partial charge in [-0.2, -0.15) is 0 Å². The monoisotopic (exact) mass is 426 g/mol. The molecule has 0 spiro atoms. The van der Waals surface area contributed by atoms with Crippen LogP contribution in [0.3, 0.4) is 0 Å². The summed E-state index contributed by atoms with van der Waals surface area (Å²) in [7, 11) is 2.10. The van der Waals surface area contributed by atoms with E-state index in [2.05, 4.69) is 61.3 Å². The van der Waals surface area contributed by atoms with E-state index in [-0.39, 0.29) is 22.8 Å². The second-order valence-corrected chi connectivity index (χ2v) is 10.6. The molecule has 5 heteroatoms. The summed E-state index contributed by atoms with van der Waals surface area (Å²) in [5.41, 5.74) is 7.97. The van der Waals surface area contributed by atoms with Gasteiger partial charge in [0.05, 0.1) is 16.7 Å². The number of carbonyl (C=O) groups is 1. The van der Waals surface area contributed by atoms with E-state index in [1.807, 2.05) is 24.4 Å². The minimum atomic E-state index is -0.0327. The van der Waals surface area contributed by atoms with Crippen molar-refractivity contribution in [1.29, 1.82) is 0 Å². The van der Waals surface area contributed by atoms with Gasteiger partial charge in [-0.1, -0.05) is 20.8 Å². The van der Waals surface area contributed by atoms with E-state index >= 15 is 0 Å². The fraction of sp³-hybridized carbons (Fsp3) is 0.444. The van der Waals surface area contributed by atoms with E-state index in [4.69, 9.17) is 4.98 Å². The lowest BCUT2D eigenvalue weighted by Crippen LogP contribution is -2.64. The number of carbonyl (C=O) groups excluding carboxylic acids is 1. The number of aromatic nitrogens is 2. The number of nitrogens with zero attached hydrogens (tertiary/aromatic N) is 4. The number of rotatable bonds is 1. The Labute approximate surface area is 189 Å². The van der Waals surface area contributed by atoms with Crippen molar-refractivity contribution in [3.63, 3.8) is 0 Å². The van der Waals surface area contributed by atoms with Crippen LogP contribution in [0, 0.1) is 12.3 Å². The molecule has 5 nitrogen and oxygen atoms in total. The second-order valence-electron chi connectivity index (χ2n) is 10.6. The van der Waals surface area contributed by atoms with Crippen molar-refractivity contribution in [3.8, 4) is 0 Å². The lowest BCUT2D eigenvalue weighted by atomic mass is 9.51. The van der Waals surface area contributed by atoms with E-state index < -0.39 is 0 Å². The van der Waals surface area contributed by atoms with Crippen LogP contribution in [0.5, 0.6) is 0 Å². The predicted octanol–water partition coefficient (Wildman–Crippen LogP) is 4.89. The van der Waals surface area contributed by atoms with Gasteiger partial charge in [-0.05, 0) is 72.2 Å². The number of imidazole rings is 1. The number of aliphatic imine (C=N–C) groups is 1. The topological polar surface area (TPSA) is 50.5 Å². The summed E-state index contributed by atoms with van der Waals surface area (Å²) in [6, 6.07) is 10.8. The zero-order valence-corrected chi connectivity index (χ0v) is 19.6.